The van der Waals surface area contributed by atoms with E-state index < -0.39 is 0 Å². The van der Waals surface area contributed by atoms with Crippen molar-refractivity contribution in [1.82, 2.24) is 4.90 Å². The van der Waals surface area contributed by atoms with Crippen molar-refractivity contribution in [3.05, 3.63) is 0 Å². The number of nitrogens with zero attached hydrogens (tertiary/aromatic N) is 1. The fourth-order valence-electron chi connectivity index (χ4n) is 2.09. The molecule has 0 bridgehead atoms. The number of hydrogen-bond acceptors (Lipinski definition) is 3. The summed E-state index contributed by atoms with van der Waals surface area (Å²) in [4.78, 5) is 2.35. The molecule has 78 valence electrons. The molecule has 2 atom stereocenters. The maximum absolute atomic E-state index is 9.09. The van der Waals surface area contributed by atoms with E-state index in [0.717, 1.165) is 19.6 Å². The highest BCUT2D eigenvalue weighted by Gasteiger charge is 2.30. The maximum atomic E-state index is 9.09. The molecule has 0 aromatic rings. The minimum atomic E-state index is -0.121. The molecule has 1 saturated heterocycles. The van der Waals surface area contributed by atoms with Crippen molar-refractivity contribution < 1.29 is 5.11 Å². The third-order valence-corrected chi connectivity index (χ3v) is 2.71. The zero-order valence-corrected chi connectivity index (χ0v) is 8.95. The van der Waals surface area contributed by atoms with Crippen LogP contribution in [0.15, 0.2) is 0 Å². The summed E-state index contributed by atoms with van der Waals surface area (Å²) >= 11 is 0. The molecule has 0 spiro atoms. The molecule has 0 saturated carbocycles. The van der Waals surface area contributed by atoms with Gasteiger partial charge in [0.1, 0.15) is 0 Å². The summed E-state index contributed by atoms with van der Waals surface area (Å²) in [5.74, 6) is 1.05. The fourth-order valence-corrected chi connectivity index (χ4v) is 2.09. The van der Waals surface area contributed by atoms with Crippen LogP contribution in [-0.2, 0) is 0 Å². The molecule has 1 heterocycles. The Kier molecular flexibility index (Phi) is 3.33. The van der Waals surface area contributed by atoms with Gasteiger partial charge in [0.25, 0.3) is 0 Å². The van der Waals surface area contributed by atoms with Gasteiger partial charge in [0.2, 0.25) is 0 Å². The van der Waals surface area contributed by atoms with Crippen molar-refractivity contribution in [2.24, 2.45) is 17.6 Å². The minimum Gasteiger partial charge on any atom is -0.396 e. The second kappa shape index (κ2) is 3.95. The Hall–Kier alpha value is -0.120. The largest absolute Gasteiger partial charge is 0.396 e. The van der Waals surface area contributed by atoms with Crippen LogP contribution in [0, 0.1) is 11.8 Å². The van der Waals surface area contributed by atoms with Gasteiger partial charge in [-0.3, -0.25) is 0 Å². The summed E-state index contributed by atoms with van der Waals surface area (Å²) in [5, 5.41) is 9.09. The van der Waals surface area contributed by atoms with E-state index in [1.54, 1.807) is 0 Å². The van der Waals surface area contributed by atoms with Crippen LogP contribution in [0.25, 0.3) is 0 Å². The first-order valence-corrected chi connectivity index (χ1v) is 5.04. The molecule has 0 aliphatic carbocycles. The lowest BCUT2D eigenvalue weighted by molar-refractivity contribution is 0.200. The van der Waals surface area contributed by atoms with Gasteiger partial charge >= 0.3 is 0 Å². The second-order valence-electron chi connectivity index (χ2n) is 5.10. The molecule has 0 aromatic carbocycles. The van der Waals surface area contributed by atoms with E-state index in [-0.39, 0.29) is 5.54 Å². The monoisotopic (exact) mass is 186 g/mol. The molecule has 1 fully saturated rings. The Labute approximate surface area is 80.9 Å². The van der Waals surface area contributed by atoms with Crippen molar-refractivity contribution in [3.8, 4) is 0 Å². The van der Waals surface area contributed by atoms with Crippen LogP contribution < -0.4 is 5.73 Å². The Bertz CT molecular complexity index is 165. The highest BCUT2D eigenvalue weighted by molar-refractivity contribution is 4.86. The van der Waals surface area contributed by atoms with Gasteiger partial charge in [-0.15, -0.1) is 0 Å². The number of rotatable bonds is 3. The molecule has 0 radical (unpaired) electrons. The molecule has 3 heteroatoms. The van der Waals surface area contributed by atoms with Crippen LogP contribution in [0.3, 0.4) is 0 Å². The van der Waals surface area contributed by atoms with Gasteiger partial charge in [0.15, 0.2) is 0 Å². The summed E-state index contributed by atoms with van der Waals surface area (Å²) in [6, 6.07) is 0. The minimum absolute atomic E-state index is 0.121. The van der Waals surface area contributed by atoms with Gasteiger partial charge in [-0.1, -0.05) is 6.92 Å². The van der Waals surface area contributed by atoms with Crippen LogP contribution in [0.1, 0.15) is 20.8 Å². The summed E-state index contributed by atoms with van der Waals surface area (Å²) in [6.07, 6.45) is 0. The molecule has 0 aromatic heterocycles. The van der Waals surface area contributed by atoms with Gasteiger partial charge in [-0.25, -0.2) is 0 Å². The van der Waals surface area contributed by atoms with Crippen LogP contribution >= 0.6 is 0 Å². The number of likely N-dealkylation sites (tertiary alicyclic amines) is 1. The average molecular weight is 186 g/mol. The summed E-state index contributed by atoms with van der Waals surface area (Å²) in [5.41, 5.74) is 5.82. The van der Waals surface area contributed by atoms with E-state index in [0.29, 0.717) is 18.4 Å². The summed E-state index contributed by atoms with van der Waals surface area (Å²) in [6.45, 7) is 9.60. The fraction of sp³-hybridized carbons (Fsp3) is 1.00. The predicted octanol–water partition coefficient (Wildman–Crippen LogP) is 0.284. The predicted molar refractivity (Wildman–Crippen MR) is 54.4 cm³/mol. The highest BCUT2D eigenvalue weighted by Crippen LogP contribution is 2.23. The van der Waals surface area contributed by atoms with Gasteiger partial charge in [-0.05, 0) is 25.7 Å². The number of nitrogens with two attached hydrogens (primary N) is 1. The van der Waals surface area contributed by atoms with Crippen molar-refractivity contribution in [1.29, 1.82) is 0 Å². The zero-order valence-electron chi connectivity index (χ0n) is 8.95. The van der Waals surface area contributed by atoms with Crippen molar-refractivity contribution >= 4 is 0 Å². The van der Waals surface area contributed by atoms with Crippen LogP contribution in [0.4, 0.5) is 0 Å². The Morgan fingerprint density at radius 1 is 1.46 bits per heavy atom. The molecular formula is C10H22N2O. The van der Waals surface area contributed by atoms with Crippen molar-refractivity contribution in [3.63, 3.8) is 0 Å². The Balaban J connectivity index is 2.40. The van der Waals surface area contributed by atoms with Gasteiger partial charge in [0, 0.05) is 31.8 Å². The molecule has 3 nitrogen and oxygen atoms in total. The van der Waals surface area contributed by atoms with E-state index in [9.17, 15) is 0 Å². The van der Waals surface area contributed by atoms with E-state index >= 15 is 0 Å². The van der Waals surface area contributed by atoms with E-state index in [4.69, 9.17) is 10.8 Å². The third-order valence-electron chi connectivity index (χ3n) is 2.71. The summed E-state index contributed by atoms with van der Waals surface area (Å²) < 4.78 is 0. The normalized spacial score (nSPS) is 31.2. The number of aliphatic hydroxyl groups is 1. The van der Waals surface area contributed by atoms with Crippen LogP contribution in [0.5, 0.6) is 0 Å². The standard InChI is InChI=1S/C10H22N2O/c1-8-4-12(5-9(8)6-13)7-10(2,3)11/h8-9,13H,4-7,11H2,1-3H3/t8-,9+/m1/s1. The molecule has 13 heavy (non-hydrogen) atoms. The average Bonchev–Trinajstić information content (AvgIpc) is 2.26. The van der Waals surface area contributed by atoms with E-state index in [2.05, 4.69) is 11.8 Å². The highest BCUT2D eigenvalue weighted by atomic mass is 16.3. The van der Waals surface area contributed by atoms with Gasteiger partial charge in [0.05, 0.1) is 0 Å². The lowest BCUT2D eigenvalue weighted by Crippen LogP contribution is -2.44. The SMILES string of the molecule is C[C@@H]1CN(CC(C)(C)N)C[C@H]1CO. The zero-order chi connectivity index (χ0) is 10.1. The topological polar surface area (TPSA) is 49.5 Å². The van der Waals surface area contributed by atoms with E-state index in [1.807, 2.05) is 13.8 Å². The van der Waals surface area contributed by atoms with Crippen molar-refractivity contribution in [2.45, 2.75) is 26.3 Å². The van der Waals surface area contributed by atoms with Crippen molar-refractivity contribution in [2.75, 3.05) is 26.2 Å². The molecule has 1 rings (SSSR count). The Morgan fingerprint density at radius 2 is 2.08 bits per heavy atom. The first-order chi connectivity index (χ1) is 5.92. The van der Waals surface area contributed by atoms with Crippen LogP contribution in [0.2, 0.25) is 0 Å². The quantitative estimate of drug-likeness (QED) is 0.666. The first-order valence-electron chi connectivity index (χ1n) is 5.04. The second-order valence-corrected chi connectivity index (χ2v) is 5.10. The summed E-state index contributed by atoms with van der Waals surface area (Å²) in [7, 11) is 0. The number of hydrogen-bond donors (Lipinski definition) is 2. The molecular weight excluding hydrogens is 164 g/mol. The maximum Gasteiger partial charge on any atom is 0.0474 e. The Morgan fingerprint density at radius 3 is 2.46 bits per heavy atom. The van der Waals surface area contributed by atoms with Crippen LogP contribution in [-0.4, -0.2) is 41.8 Å². The third kappa shape index (κ3) is 3.25. The van der Waals surface area contributed by atoms with Gasteiger partial charge < -0.3 is 15.7 Å². The number of aliphatic hydroxyl groups excluding tert-OH is 1. The lowest BCUT2D eigenvalue weighted by Gasteiger charge is -2.26. The van der Waals surface area contributed by atoms with Gasteiger partial charge in [-0.2, -0.15) is 0 Å². The molecule has 0 amide bonds. The van der Waals surface area contributed by atoms with E-state index in [1.165, 1.54) is 0 Å². The smallest absolute Gasteiger partial charge is 0.0474 e. The lowest BCUT2D eigenvalue weighted by atomic mass is 10.00. The molecule has 1 aliphatic heterocycles. The molecule has 0 unspecified atom stereocenters. The molecule has 1 aliphatic rings. The first kappa shape index (κ1) is 11.0. The molecule has 3 N–H and O–H groups in total.